The molecule has 8 heteroatoms. The molecule has 6 atom stereocenters. The van der Waals surface area contributed by atoms with Crippen LogP contribution in [0.1, 0.15) is 59.3 Å². The van der Waals surface area contributed by atoms with Crippen LogP contribution in [0, 0.1) is 11.8 Å². The number of carbonyl (C=O) groups is 3. The van der Waals surface area contributed by atoms with Gasteiger partial charge >= 0.3 is 0 Å². The van der Waals surface area contributed by atoms with Gasteiger partial charge in [0.05, 0.1) is 16.6 Å². The second-order valence-corrected chi connectivity index (χ2v) is 13.7. The number of amides is 3. The minimum absolute atomic E-state index is 0.000983. The van der Waals surface area contributed by atoms with Crippen molar-refractivity contribution in [2.45, 2.75) is 80.9 Å². The van der Waals surface area contributed by atoms with Crippen molar-refractivity contribution >= 4 is 35.2 Å². The number of rotatable bonds is 10. The lowest BCUT2D eigenvalue weighted by Crippen LogP contribution is -2.55. The third-order valence-electron chi connectivity index (χ3n) is 9.20. The summed E-state index contributed by atoms with van der Waals surface area (Å²) in [5.74, 6) is -1.32. The third kappa shape index (κ3) is 4.81. The number of thioether (sulfide) groups is 1. The molecule has 0 aliphatic carbocycles. The molecule has 4 heterocycles. The van der Waals surface area contributed by atoms with Gasteiger partial charge in [0.2, 0.25) is 17.7 Å². The number of unbranched alkanes of at least 4 members (excludes halogenated alkanes) is 3. The van der Waals surface area contributed by atoms with E-state index < -0.39 is 27.4 Å². The van der Waals surface area contributed by atoms with E-state index in [0.29, 0.717) is 19.6 Å². The molecule has 1 aromatic rings. The first kappa shape index (κ1) is 28.9. The van der Waals surface area contributed by atoms with Crippen molar-refractivity contribution in [3.8, 4) is 0 Å². The first-order valence-electron chi connectivity index (χ1n) is 14.9. The normalized spacial score (nSPS) is 32.1. The van der Waals surface area contributed by atoms with Gasteiger partial charge in [0, 0.05) is 42.7 Å². The number of hydrogen-bond donors (Lipinski definition) is 1. The van der Waals surface area contributed by atoms with Gasteiger partial charge in [-0.25, -0.2) is 0 Å². The molecule has 216 valence electrons. The Morgan fingerprint density at radius 2 is 1.68 bits per heavy atom. The third-order valence-corrected chi connectivity index (χ3v) is 11.0. The molecular weight excluding hydrogens is 522 g/mol. The second kappa shape index (κ2) is 11.7. The van der Waals surface area contributed by atoms with Crippen LogP contribution < -0.4 is 4.90 Å². The predicted molar refractivity (Wildman–Crippen MR) is 160 cm³/mol. The van der Waals surface area contributed by atoms with E-state index in [9.17, 15) is 19.5 Å². The van der Waals surface area contributed by atoms with E-state index in [2.05, 4.69) is 39.0 Å². The molecule has 1 N–H and O–H groups in total. The number of fused-ring (bicyclic) bond motifs is 2. The Kier molecular flexibility index (Phi) is 8.48. The zero-order valence-corrected chi connectivity index (χ0v) is 24.8. The topological polar surface area (TPSA) is 81.2 Å². The molecule has 40 heavy (non-hydrogen) atoms. The Morgan fingerprint density at radius 3 is 2.40 bits per heavy atom. The van der Waals surface area contributed by atoms with Crippen molar-refractivity contribution in [3.05, 3.63) is 54.6 Å². The fraction of sp³-hybridized carbons (Fsp3) is 0.594. The maximum Gasteiger partial charge on any atom is 0.247 e. The molecule has 0 bridgehead atoms. The van der Waals surface area contributed by atoms with Crippen LogP contribution in [-0.2, 0) is 14.4 Å². The molecule has 7 nitrogen and oxygen atoms in total. The summed E-state index contributed by atoms with van der Waals surface area (Å²) < 4.78 is -1.42. The highest BCUT2D eigenvalue weighted by atomic mass is 32.2. The van der Waals surface area contributed by atoms with Crippen molar-refractivity contribution in [2.24, 2.45) is 11.8 Å². The van der Waals surface area contributed by atoms with Gasteiger partial charge in [-0.1, -0.05) is 68.7 Å². The molecule has 4 aliphatic heterocycles. The van der Waals surface area contributed by atoms with Crippen LogP contribution in [0.25, 0.3) is 0 Å². The standard InChI is InChI=1S/C32H43N3O4S/c1-4-14-23(2)33-20-13-18-32-26(29(38)35(27(32)30(33)39)19-10-5-6-11-22-36)25-28(37)34(24-15-8-7-9-16-24)21-12-17-31(25,3)40-32/h7-9,12-13,15-18,23,25-27,36H,4-6,10-11,14,19-22H2,1-3H3/t23?,25-,26-,27?,31+,32-/m0/s1. The van der Waals surface area contributed by atoms with Crippen LogP contribution in [0.3, 0.4) is 0 Å². The Bertz CT molecular complexity index is 1170. The zero-order valence-electron chi connectivity index (χ0n) is 24.0. The largest absolute Gasteiger partial charge is 0.396 e. The average Bonchev–Trinajstić information content (AvgIpc) is 3.20. The average molecular weight is 566 g/mol. The quantitative estimate of drug-likeness (QED) is 0.336. The number of aliphatic hydroxyl groups excluding tert-OH is 1. The summed E-state index contributed by atoms with van der Waals surface area (Å²) in [7, 11) is 0. The lowest BCUT2D eigenvalue weighted by Gasteiger charge is -2.38. The summed E-state index contributed by atoms with van der Waals surface area (Å²) in [5, 5.41) is 9.19. The van der Waals surface area contributed by atoms with Gasteiger partial charge in [-0.15, -0.1) is 11.8 Å². The Labute approximate surface area is 242 Å². The van der Waals surface area contributed by atoms with Crippen LogP contribution in [0.4, 0.5) is 5.69 Å². The van der Waals surface area contributed by atoms with Crippen molar-refractivity contribution in [1.82, 2.24) is 9.80 Å². The summed E-state index contributed by atoms with van der Waals surface area (Å²) in [6.45, 7) is 7.92. The van der Waals surface area contributed by atoms with Gasteiger partial charge in [0.1, 0.15) is 6.04 Å². The lowest BCUT2D eigenvalue weighted by molar-refractivity contribution is -0.144. The van der Waals surface area contributed by atoms with E-state index in [1.165, 1.54) is 0 Å². The van der Waals surface area contributed by atoms with Crippen molar-refractivity contribution in [3.63, 3.8) is 0 Å². The minimum Gasteiger partial charge on any atom is -0.396 e. The number of aliphatic hydroxyl groups is 1. The van der Waals surface area contributed by atoms with E-state index in [1.54, 1.807) is 16.7 Å². The second-order valence-electron chi connectivity index (χ2n) is 11.9. The zero-order chi connectivity index (χ0) is 28.5. The Balaban J connectivity index is 1.56. The van der Waals surface area contributed by atoms with Crippen LogP contribution >= 0.6 is 11.8 Å². The number of para-hydroxylation sites is 1. The van der Waals surface area contributed by atoms with Crippen LogP contribution in [-0.4, -0.2) is 80.4 Å². The number of likely N-dealkylation sites (tertiary alicyclic amines) is 1. The first-order valence-corrected chi connectivity index (χ1v) is 15.7. The number of benzene rings is 1. The Hall–Kier alpha value is -2.58. The van der Waals surface area contributed by atoms with E-state index >= 15 is 0 Å². The molecule has 2 unspecified atom stereocenters. The van der Waals surface area contributed by atoms with Gasteiger partial charge in [-0.2, -0.15) is 0 Å². The first-order chi connectivity index (χ1) is 19.3. The maximum absolute atomic E-state index is 14.5. The highest BCUT2D eigenvalue weighted by molar-refractivity contribution is 8.02. The Morgan fingerprint density at radius 1 is 0.950 bits per heavy atom. The van der Waals surface area contributed by atoms with Crippen LogP contribution in [0.15, 0.2) is 54.6 Å². The van der Waals surface area contributed by atoms with Gasteiger partial charge in [-0.05, 0) is 45.2 Å². The monoisotopic (exact) mass is 565 g/mol. The summed E-state index contributed by atoms with van der Waals surface area (Å²) in [6, 6.07) is 9.09. The van der Waals surface area contributed by atoms with E-state index in [1.807, 2.05) is 46.2 Å². The molecule has 0 radical (unpaired) electrons. The number of nitrogens with zero attached hydrogens (tertiary/aromatic N) is 3. The maximum atomic E-state index is 14.5. The SMILES string of the molecule is CCCC(C)N1CC=C[C@]23S[C@]4(C)C=CCN(c5ccccc5)C(=O)[C@@H]4[C@H]2C(=O)N(CCCCCCO)C3C1=O. The van der Waals surface area contributed by atoms with E-state index in [0.717, 1.165) is 44.2 Å². The lowest BCUT2D eigenvalue weighted by atomic mass is 9.74. The molecular formula is C32H43N3O4S. The van der Waals surface area contributed by atoms with Crippen molar-refractivity contribution in [1.29, 1.82) is 0 Å². The van der Waals surface area contributed by atoms with E-state index in [-0.39, 0.29) is 30.4 Å². The summed E-state index contributed by atoms with van der Waals surface area (Å²) in [6.07, 6.45) is 13.5. The molecule has 3 amide bonds. The fourth-order valence-corrected chi connectivity index (χ4v) is 9.49. The molecule has 0 saturated carbocycles. The highest BCUT2D eigenvalue weighted by Crippen LogP contribution is 2.65. The van der Waals surface area contributed by atoms with Crippen LogP contribution in [0.2, 0.25) is 0 Å². The molecule has 1 aromatic carbocycles. The summed E-state index contributed by atoms with van der Waals surface area (Å²) >= 11 is 1.65. The molecule has 2 saturated heterocycles. The smallest absolute Gasteiger partial charge is 0.247 e. The highest BCUT2D eigenvalue weighted by Gasteiger charge is 2.74. The number of carbonyl (C=O) groups excluding carboxylic acids is 3. The summed E-state index contributed by atoms with van der Waals surface area (Å²) in [5.41, 5.74) is 0.821. The van der Waals surface area contributed by atoms with Crippen LogP contribution in [0.5, 0.6) is 0 Å². The van der Waals surface area contributed by atoms with Crippen molar-refractivity contribution in [2.75, 3.05) is 31.1 Å². The minimum atomic E-state index is -0.806. The molecule has 2 fully saturated rings. The van der Waals surface area contributed by atoms with Gasteiger partial charge in [0.15, 0.2) is 0 Å². The number of anilines is 1. The van der Waals surface area contributed by atoms with Crippen molar-refractivity contribution < 1.29 is 19.5 Å². The number of hydrogen-bond acceptors (Lipinski definition) is 5. The fourth-order valence-electron chi connectivity index (χ4n) is 7.34. The molecule has 0 aromatic heterocycles. The molecule has 4 aliphatic rings. The van der Waals surface area contributed by atoms with E-state index in [4.69, 9.17) is 0 Å². The van der Waals surface area contributed by atoms with Gasteiger partial charge in [0.25, 0.3) is 0 Å². The molecule has 1 spiro atoms. The predicted octanol–water partition coefficient (Wildman–Crippen LogP) is 4.42. The van der Waals surface area contributed by atoms with Gasteiger partial charge < -0.3 is 19.8 Å². The van der Waals surface area contributed by atoms with Gasteiger partial charge in [-0.3, -0.25) is 14.4 Å². The molecule has 5 rings (SSSR count). The summed E-state index contributed by atoms with van der Waals surface area (Å²) in [4.78, 5) is 48.9.